The Balaban J connectivity index is 2.58. The maximum atomic E-state index is 11.9. The number of ether oxygens (including phenoxy) is 3. The number of benzene rings is 1. The second-order valence-electron chi connectivity index (χ2n) is 3.88. The lowest BCUT2D eigenvalue weighted by atomic mass is 10.1. The molecule has 1 unspecified atom stereocenters. The van der Waals surface area contributed by atoms with Crippen molar-refractivity contribution in [2.24, 2.45) is 0 Å². The highest BCUT2D eigenvalue weighted by Gasteiger charge is 2.14. The van der Waals surface area contributed by atoms with Gasteiger partial charge >= 0.3 is 0 Å². The van der Waals surface area contributed by atoms with Crippen LogP contribution in [0.5, 0.6) is 11.5 Å². The van der Waals surface area contributed by atoms with Gasteiger partial charge in [-0.15, -0.1) is 0 Å². The highest BCUT2D eigenvalue weighted by atomic mass is 19.3. The van der Waals surface area contributed by atoms with Gasteiger partial charge in [0.05, 0.1) is 20.3 Å². The molecule has 19 heavy (non-hydrogen) atoms. The fraction of sp³-hybridized carbons (Fsp3) is 0.538. The molecule has 0 fully saturated rings. The Morgan fingerprint density at radius 1 is 1.21 bits per heavy atom. The van der Waals surface area contributed by atoms with E-state index in [4.69, 9.17) is 14.2 Å². The van der Waals surface area contributed by atoms with E-state index in [-0.39, 0.29) is 13.0 Å². The van der Waals surface area contributed by atoms with Crippen molar-refractivity contribution in [2.75, 3.05) is 27.4 Å². The molecule has 1 N–H and O–H groups in total. The Morgan fingerprint density at radius 2 is 1.95 bits per heavy atom. The van der Waals surface area contributed by atoms with Crippen molar-refractivity contribution in [1.29, 1.82) is 0 Å². The van der Waals surface area contributed by atoms with Gasteiger partial charge in [0.15, 0.2) is 0 Å². The molecule has 0 aliphatic rings. The SMILES string of the molecule is COc1ccc(C(O)CCOCC(F)F)c(OC)c1. The number of aliphatic hydroxyl groups excluding tert-OH is 1. The van der Waals surface area contributed by atoms with Crippen LogP contribution in [0.1, 0.15) is 18.1 Å². The number of halogens is 2. The summed E-state index contributed by atoms with van der Waals surface area (Å²) in [7, 11) is 3.02. The number of rotatable bonds is 8. The van der Waals surface area contributed by atoms with Gasteiger partial charge in [-0.25, -0.2) is 8.78 Å². The van der Waals surface area contributed by atoms with Crippen molar-refractivity contribution in [3.8, 4) is 11.5 Å². The Bertz CT molecular complexity index is 385. The van der Waals surface area contributed by atoms with Crippen molar-refractivity contribution >= 4 is 0 Å². The van der Waals surface area contributed by atoms with E-state index in [1.54, 1.807) is 18.2 Å². The summed E-state index contributed by atoms with van der Waals surface area (Å²) in [5.74, 6) is 1.10. The van der Waals surface area contributed by atoms with Crippen molar-refractivity contribution in [2.45, 2.75) is 19.0 Å². The quantitative estimate of drug-likeness (QED) is 0.741. The Kier molecular flexibility index (Phi) is 6.52. The molecular weight excluding hydrogens is 258 g/mol. The van der Waals surface area contributed by atoms with Crippen LogP contribution in [-0.2, 0) is 4.74 Å². The molecule has 0 aromatic heterocycles. The summed E-state index contributed by atoms with van der Waals surface area (Å²) in [6, 6.07) is 5.02. The maximum absolute atomic E-state index is 11.9. The van der Waals surface area contributed by atoms with Crippen LogP contribution in [0.25, 0.3) is 0 Å². The van der Waals surface area contributed by atoms with Crippen LogP contribution in [0.3, 0.4) is 0 Å². The molecule has 4 nitrogen and oxygen atoms in total. The average molecular weight is 276 g/mol. The van der Waals surface area contributed by atoms with Gasteiger partial charge in [-0.3, -0.25) is 0 Å². The molecular formula is C13H18F2O4. The Hall–Kier alpha value is -1.40. The summed E-state index contributed by atoms with van der Waals surface area (Å²) in [6.07, 6.45) is -3.11. The van der Waals surface area contributed by atoms with E-state index in [0.717, 1.165) is 0 Å². The van der Waals surface area contributed by atoms with E-state index >= 15 is 0 Å². The third-order valence-corrected chi connectivity index (χ3v) is 2.58. The highest BCUT2D eigenvalue weighted by Crippen LogP contribution is 2.30. The zero-order valence-electron chi connectivity index (χ0n) is 10.9. The molecule has 0 bridgehead atoms. The number of hydrogen-bond donors (Lipinski definition) is 1. The first-order valence-corrected chi connectivity index (χ1v) is 5.84. The summed E-state index contributed by atoms with van der Waals surface area (Å²) in [4.78, 5) is 0. The summed E-state index contributed by atoms with van der Waals surface area (Å²) >= 11 is 0. The molecule has 1 atom stereocenters. The van der Waals surface area contributed by atoms with Gasteiger partial charge in [0, 0.05) is 24.7 Å². The van der Waals surface area contributed by atoms with E-state index < -0.39 is 19.1 Å². The molecule has 0 radical (unpaired) electrons. The highest BCUT2D eigenvalue weighted by molar-refractivity contribution is 5.41. The zero-order valence-corrected chi connectivity index (χ0v) is 10.9. The van der Waals surface area contributed by atoms with Crippen LogP contribution in [0.15, 0.2) is 18.2 Å². The van der Waals surface area contributed by atoms with Gasteiger partial charge in [0.25, 0.3) is 6.43 Å². The molecule has 0 saturated heterocycles. The van der Waals surface area contributed by atoms with E-state index in [1.807, 2.05) is 0 Å². The van der Waals surface area contributed by atoms with Crippen LogP contribution >= 0.6 is 0 Å². The van der Waals surface area contributed by atoms with E-state index in [9.17, 15) is 13.9 Å². The first-order chi connectivity index (χ1) is 9.08. The van der Waals surface area contributed by atoms with Crippen LogP contribution in [0, 0.1) is 0 Å². The number of aliphatic hydroxyl groups is 1. The average Bonchev–Trinajstić information content (AvgIpc) is 2.42. The van der Waals surface area contributed by atoms with Gasteiger partial charge in [0.2, 0.25) is 0 Å². The van der Waals surface area contributed by atoms with Crippen LogP contribution in [-0.4, -0.2) is 39.0 Å². The molecule has 0 aliphatic heterocycles. The second-order valence-corrected chi connectivity index (χ2v) is 3.88. The largest absolute Gasteiger partial charge is 0.497 e. The van der Waals surface area contributed by atoms with E-state index in [2.05, 4.69) is 0 Å². The molecule has 0 saturated carbocycles. The predicted molar refractivity (Wildman–Crippen MR) is 65.9 cm³/mol. The third kappa shape index (κ3) is 5.00. The fourth-order valence-electron chi connectivity index (χ4n) is 1.62. The lowest BCUT2D eigenvalue weighted by Gasteiger charge is -2.15. The van der Waals surface area contributed by atoms with E-state index in [0.29, 0.717) is 17.1 Å². The minimum atomic E-state index is -2.49. The summed E-state index contributed by atoms with van der Waals surface area (Å²) in [5.41, 5.74) is 0.573. The number of hydrogen-bond acceptors (Lipinski definition) is 4. The van der Waals surface area contributed by atoms with Crippen LogP contribution < -0.4 is 9.47 Å². The lowest BCUT2D eigenvalue weighted by Crippen LogP contribution is -2.09. The summed E-state index contributed by atoms with van der Waals surface area (Å²) in [6.45, 7) is -0.562. The number of methoxy groups -OCH3 is 2. The summed E-state index contributed by atoms with van der Waals surface area (Å²) in [5, 5.41) is 9.97. The smallest absolute Gasteiger partial charge is 0.261 e. The first kappa shape index (κ1) is 15.7. The Labute approximate surface area is 110 Å². The molecule has 0 spiro atoms. The maximum Gasteiger partial charge on any atom is 0.261 e. The minimum absolute atomic E-state index is 0.0562. The van der Waals surface area contributed by atoms with Crippen LogP contribution in [0.4, 0.5) is 8.78 Å². The molecule has 1 aromatic carbocycles. The second kappa shape index (κ2) is 7.91. The van der Waals surface area contributed by atoms with Gasteiger partial charge in [-0.05, 0) is 12.1 Å². The molecule has 0 heterocycles. The van der Waals surface area contributed by atoms with Crippen molar-refractivity contribution in [3.63, 3.8) is 0 Å². The van der Waals surface area contributed by atoms with Crippen LogP contribution in [0.2, 0.25) is 0 Å². The Morgan fingerprint density at radius 3 is 2.53 bits per heavy atom. The molecule has 0 aliphatic carbocycles. The van der Waals surface area contributed by atoms with Crippen molar-refractivity contribution in [1.82, 2.24) is 0 Å². The van der Waals surface area contributed by atoms with Gasteiger partial charge in [-0.2, -0.15) is 0 Å². The topological polar surface area (TPSA) is 47.9 Å². The van der Waals surface area contributed by atoms with Gasteiger partial charge in [0.1, 0.15) is 18.1 Å². The minimum Gasteiger partial charge on any atom is -0.497 e. The summed E-state index contributed by atoms with van der Waals surface area (Å²) < 4.78 is 38.7. The predicted octanol–water partition coefficient (Wildman–Crippen LogP) is 2.41. The monoisotopic (exact) mass is 276 g/mol. The van der Waals surface area contributed by atoms with E-state index in [1.165, 1.54) is 14.2 Å². The van der Waals surface area contributed by atoms with Gasteiger partial charge in [-0.1, -0.05) is 0 Å². The zero-order chi connectivity index (χ0) is 14.3. The molecule has 108 valence electrons. The molecule has 6 heteroatoms. The fourth-order valence-corrected chi connectivity index (χ4v) is 1.62. The molecule has 0 amide bonds. The standard InChI is InChI=1S/C13H18F2O4/c1-17-9-3-4-10(12(7-9)18-2)11(16)5-6-19-8-13(14)15/h3-4,7,11,13,16H,5-6,8H2,1-2H3. The molecule has 1 rings (SSSR count). The van der Waals surface area contributed by atoms with Gasteiger partial charge < -0.3 is 19.3 Å². The van der Waals surface area contributed by atoms with Crippen molar-refractivity contribution < 1.29 is 28.1 Å². The number of alkyl halides is 2. The first-order valence-electron chi connectivity index (χ1n) is 5.84. The normalized spacial score (nSPS) is 12.5. The lowest BCUT2D eigenvalue weighted by molar-refractivity contribution is 0.00460. The third-order valence-electron chi connectivity index (χ3n) is 2.58. The molecule has 1 aromatic rings. The van der Waals surface area contributed by atoms with Crippen molar-refractivity contribution in [3.05, 3.63) is 23.8 Å².